The molecule has 0 fully saturated rings. The molecule has 26 heavy (non-hydrogen) atoms. The van der Waals surface area contributed by atoms with Crippen LogP contribution in [0.1, 0.15) is 30.9 Å². The van der Waals surface area contributed by atoms with Crippen LogP contribution in [0.25, 0.3) is 0 Å². The van der Waals surface area contributed by atoms with E-state index in [4.69, 9.17) is 20.9 Å². The topological polar surface area (TPSA) is 71.7 Å². The first kappa shape index (κ1) is 22.6. The van der Waals surface area contributed by atoms with Crippen molar-refractivity contribution in [1.82, 2.24) is 15.8 Å². The average molecular weight is 493 g/mol. The quantitative estimate of drug-likeness (QED) is 0.254. The maximum absolute atomic E-state index is 5.93. The number of hydrogen-bond donors (Lipinski definition) is 2. The molecular formula is C18H26ClIN4O2. The van der Waals surface area contributed by atoms with Gasteiger partial charge in [0, 0.05) is 30.6 Å². The van der Waals surface area contributed by atoms with Gasteiger partial charge in [-0.15, -0.1) is 24.0 Å². The Bertz CT molecular complexity index is 685. The molecule has 2 rings (SSSR count). The molecule has 1 heterocycles. The summed E-state index contributed by atoms with van der Waals surface area (Å²) in [5.74, 6) is 2.38. The van der Waals surface area contributed by atoms with Crippen molar-refractivity contribution in [2.45, 2.75) is 33.2 Å². The van der Waals surface area contributed by atoms with E-state index in [0.29, 0.717) is 30.7 Å². The summed E-state index contributed by atoms with van der Waals surface area (Å²) in [5, 5.41) is 11.3. The van der Waals surface area contributed by atoms with Gasteiger partial charge < -0.3 is 19.9 Å². The van der Waals surface area contributed by atoms with Crippen LogP contribution in [0.4, 0.5) is 0 Å². The van der Waals surface area contributed by atoms with Gasteiger partial charge in [0.25, 0.3) is 0 Å². The third-order valence-corrected chi connectivity index (χ3v) is 3.96. The smallest absolute Gasteiger partial charge is 0.191 e. The first-order valence-corrected chi connectivity index (χ1v) is 8.84. The Balaban J connectivity index is 0.00000338. The summed E-state index contributed by atoms with van der Waals surface area (Å²) in [5.41, 5.74) is 2.10. The third-order valence-electron chi connectivity index (χ3n) is 3.72. The number of hydrogen-bond acceptors (Lipinski definition) is 4. The maximum atomic E-state index is 5.93. The number of halogens is 2. The molecule has 2 aromatic rings. The highest BCUT2D eigenvalue weighted by Gasteiger charge is 2.13. The summed E-state index contributed by atoms with van der Waals surface area (Å²) in [6.45, 7) is 5.89. The molecule has 6 nitrogen and oxygen atoms in total. The zero-order chi connectivity index (χ0) is 18.1. The summed E-state index contributed by atoms with van der Waals surface area (Å²) >= 11 is 5.93. The van der Waals surface area contributed by atoms with Crippen molar-refractivity contribution >= 4 is 41.5 Å². The molecule has 1 aromatic carbocycles. The lowest BCUT2D eigenvalue weighted by molar-refractivity contribution is 0.322. The number of guanidine groups is 1. The van der Waals surface area contributed by atoms with E-state index in [9.17, 15) is 0 Å². The average Bonchev–Trinajstić information content (AvgIpc) is 3.03. The third kappa shape index (κ3) is 6.68. The molecule has 1 aromatic heterocycles. The van der Waals surface area contributed by atoms with Gasteiger partial charge in [-0.25, -0.2) is 0 Å². The van der Waals surface area contributed by atoms with Gasteiger partial charge in [0.1, 0.15) is 18.1 Å². The summed E-state index contributed by atoms with van der Waals surface area (Å²) in [6.07, 6.45) is 1.67. The number of ether oxygens (including phenoxy) is 1. The normalized spacial score (nSPS) is 11.0. The highest BCUT2D eigenvalue weighted by atomic mass is 127. The van der Waals surface area contributed by atoms with E-state index in [1.807, 2.05) is 18.2 Å². The SMILES string of the molecule is CCc1noc(CC)c1CNC(=NC)NCCOc1cccc(Cl)c1.I. The minimum atomic E-state index is 0. The Labute approximate surface area is 176 Å². The Kier molecular flexibility index (Phi) is 10.4. The van der Waals surface area contributed by atoms with E-state index in [-0.39, 0.29) is 24.0 Å². The number of aliphatic imine (C=N–C) groups is 1. The molecular weight excluding hydrogens is 467 g/mol. The van der Waals surface area contributed by atoms with Gasteiger partial charge in [0.05, 0.1) is 12.2 Å². The van der Waals surface area contributed by atoms with E-state index >= 15 is 0 Å². The van der Waals surface area contributed by atoms with E-state index in [0.717, 1.165) is 35.6 Å². The lowest BCUT2D eigenvalue weighted by atomic mass is 10.1. The van der Waals surface area contributed by atoms with Crippen LogP contribution in [-0.4, -0.2) is 31.3 Å². The predicted octanol–water partition coefficient (Wildman–Crippen LogP) is 3.81. The van der Waals surface area contributed by atoms with Gasteiger partial charge >= 0.3 is 0 Å². The van der Waals surface area contributed by atoms with Crippen molar-refractivity contribution in [3.05, 3.63) is 46.3 Å². The molecule has 2 N–H and O–H groups in total. The molecule has 144 valence electrons. The molecule has 0 spiro atoms. The fraction of sp³-hybridized carbons (Fsp3) is 0.444. The van der Waals surface area contributed by atoms with Crippen molar-refractivity contribution in [3.8, 4) is 5.75 Å². The minimum Gasteiger partial charge on any atom is -0.492 e. The molecule has 0 aliphatic heterocycles. The molecule has 0 unspecified atom stereocenters. The number of aryl methyl sites for hydroxylation is 2. The highest BCUT2D eigenvalue weighted by Crippen LogP contribution is 2.17. The standard InChI is InChI=1S/C18H25ClN4O2.HI/c1-4-16-15(17(5-2)25-23-16)12-22-18(20-3)21-9-10-24-14-8-6-7-13(19)11-14;/h6-8,11H,4-5,9-10,12H2,1-3H3,(H2,20,21,22);1H. The molecule has 0 aliphatic carbocycles. The zero-order valence-corrected chi connectivity index (χ0v) is 18.4. The van der Waals surface area contributed by atoms with Gasteiger partial charge in [-0.3, -0.25) is 4.99 Å². The molecule has 0 bridgehead atoms. The molecule has 0 amide bonds. The van der Waals surface area contributed by atoms with Gasteiger partial charge in [0.15, 0.2) is 5.96 Å². The molecule has 8 heteroatoms. The van der Waals surface area contributed by atoms with Gasteiger partial charge in [-0.05, 0) is 24.6 Å². The first-order chi connectivity index (χ1) is 12.2. The summed E-state index contributed by atoms with van der Waals surface area (Å²) < 4.78 is 11.0. The van der Waals surface area contributed by atoms with Crippen LogP contribution < -0.4 is 15.4 Å². The van der Waals surface area contributed by atoms with Crippen molar-refractivity contribution in [2.75, 3.05) is 20.2 Å². The summed E-state index contributed by atoms with van der Waals surface area (Å²) in [4.78, 5) is 4.22. The second-order valence-electron chi connectivity index (χ2n) is 5.40. The number of nitrogens with zero attached hydrogens (tertiary/aromatic N) is 2. The van der Waals surface area contributed by atoms with Crippen LogP contribution in [0.15, 0.2) is 33.8 Å². The lowest BCUT2D eigenvalue weighted by Gasteiger charge is -2.13. The van der Waals surface area contributed by atoms with Crippen molar-refractivity contribution in [1.29, 1.82) is 0 Å². The van der Waals surface area contributed by atoms with E-state index in [1.54, 1.807) is 13.1 Å². The van der Waals surface area contributed by atoms with Gasteiger partial charge in [-0.1, -0.05) is 36.7 Å². The van der Waals surface area contributed by atoms with Crippen molar-refractivity contribution in [2.24, 2.45) is 4.99 Å². The van der Waals surface area contributed by atoms with Gasteiger partial charge in [-0.2, -0.15) is 0 Å². The minimum absolute atomic E-state index is 0. The van der Waals surface area contributed by atoms with Crippen LogP contribution in [0.5, 0.6) is 5.75 Å². The zero-order valence-electron chi connectivity index (χ0n) is 15.3. The molecule has 0 saturated carbocycles. The Morgan fingerprint density at radius 1 is 1.27 bits per heavy atom. The van der Waals surface area contributed by atoms with Crippen LogP contribution in [0.3, 0.4) is 0 Å². The number of rotatable bonds is 8. The monoisotopic (exact) mass is 492 g/mol. The molecule has 0 atom stereocenters. The second-order valence-corrected chi connectivity index (χ2v) is 5.83. The van der Waals surface area contributed by atoms with Crippen LogP contribution in [0, 0.1) is 0 Å². The van der Waals surface area contributed by atoms with E-state index in [1.165, 1.54) is 0 Å². The van der Waals surface area contributed by atoms with Crippen LogP contribution in [-0.2, 0) is 19.4 Å². The first-order valence-electron chi connectivity index (χ1n) is 8.47. The van der Waals surface area contributed by atoms with Crippen LogP contribution >= 0.6 is 35.6 Å². The fourth-order valence-corrected chi connectivity index (χ4v) is 2.61. The largest absolute Gasteiger partial charge is 0.492 e. The Morgan fingerprint density at radius 2 is 2.08 bits per heavy atom. The van der Waals surface area contributed by atoms with Crippen molar-refractivity contribution in [3.63, 3.8) is 0 Å². The van der Waals surface area contributed by atoms with E-state index < -0.39 is 0 Å². The molecule has 0 aliphatic rings. The number of aromatic nitrogens is 1. The van der Waals surface area contributed by atoms with Crippen LogP contribution in [0.2, 0.25) is 5.02 Å². The lowest BCUT2D eigenvalue weighted by Crippen LogP contribution is -2.39. The Morgan fingerprint density at radius 3 is 2.73 bits per heavy atom. The number of nitrogens with one attached hydrogen (secondary N) is 2. The summed E-state index contributed by atoms with van der Waals surface area (Å²) in [6, 6.07) is 7.35. The molecule has 0 radical (unpaired) electrons. The maximum Gasteiger partial charge on any atom is 0.191 e. The van der Waals surface area contributed by atoms with Crippen molar-refractivity contribution < 1.29 is 9.26 Å². The second kappa shape index (κ2) is 12.0. The number of benzene rings is 1. The van der Waals surface area contributed by atoms with E-state index in [2.05, 4.69) is 34.6 Å². The van der Waals surface area contributed by atoms with Gasteiger partial charge in [0.2, 0.25) is 0 Å². The highest BCUT2D eigenvalue weighted by molar-refractivity contribution is 14.0. The Hall–Kier alpha value is -1.48. The molecule has 0 saturated heterocycles. The predicted molar refractivity (Wildman–Crippen MR) is 116 cm³/mol. The summed E-state index contributed by atoms with van der Waals surface area (Å²) in [7, 11) is 1.74. The fourth-order valence-electron chi connectivity index (χ4n) is 2.43.